The van der Waals surface area contributed by atoms with Gasteiger partial charge in [0.25, 0.3) is 0 Å². The number of amides is 1. The fourth-order valence-corrected chi connectivity index (χ4v) is 3.92. The first-order chi connectivity index (χ1) is 14.1. The van der Waals surface area contributed by atoms with Gasteiger partial charge in [0, 0.05) is 18.4 Å². The number of hydrogen-bond acceptors (Lipinski definition) is 5. The largest absolute Gasteiger partial charge is 0.392 e. The second-order valence-corrected chi connectivity index (χ2v) is 7.41. The fourth-order valence-electron chi connectivity index (χ4n) is 3.92. The summed E-state index contributed by atoms with van der Waals surface area (Å²) in [7, 11) is 0. The third kappa shape index (κ3) is 3.09. The number of likely N-dealkylation sites (tertiary alicyclic amines) is 1. The van der Waals surface area contributed by atoms with Gasteiger partial charge in [-0.05, 0) is 35.2 Å². The number of nitrogens with one attached hydrogen (secondary N) is 1. The van der Waals surface area contributed by atoms with Gasteiger partial charge in [0.05, 0.1) is 18.7 Å². The molecular weight excluding hydrogens is 366 g/mol. The lowest BCUT2D eigenvalue weighted by molar-refractivity contribution is -0.128. The zero-order valence-electron chi connectivity index (χ0n) is 15.9. The number of benzene rings is 2. The Hall–Kier alpha value is -3.45. The molecule has 0 radical (unpaired) electrons. The number of nitrogen functional groups attached to an aromatic ring is 1. The molecule has 1 aliphatic rings. The number of aliphatic hydroxyl groups is 1. The first kappa shape index (κ1) is 17.6. The van der Waals surface area contributed by atoms with Crippen LogP contribution in [0.25, 0.3) is 33.1 Å². The van der Waals surface area contributed by atoms with Gasteiger partial charge in [-0.15, -0.1) is 0 Å². The number of nitrogens with two attached hydrogens (primary N) is 1. The van der Waals surface area contributed by atoms with Crippen LogP contribution in [0.2, 0.25) is 0 Å². The van der Waals surface area contributed by atoms with E-state index in [4.69, 9.17) is 10.7 Å². The number of fused-ring (bicyclic) bond motifs is 3. The van der Waals surface area contributed by atoms with Gasteiger partial charge in [-0.25, -0.2) is 9.97 Å². The van der Waals surface area contributed by atoms with Crippen molar-refractivity contribution in [2.45, 2.75) is 26.0 Å². The van der Waals surface area contributed by atoms with E-state index in [1.54, 1.807) is 0 Å². The Kier molecular flexibility index (Phi) is 4.17. The van der Waals surface area contributed by atoms with E-state index in [9.17, 15) is 9.90 Å². The number of H-pyrrole nitrogens is 1. The Labute approximate surface area is 167 Å². The number of anilines is 1. The monoisotopic (exact) mass is 387 g/mol. The first-order valence-electron chi connectivity index (χ1n) is 9.68. The third-order valence-electron chi connectivity index (χ3n) is 5.48. The maximum absolute atomic E-state index is 11.9. The summed E-state index contributed by atoms with van der Waals surface area (Å²) in [6.07, 6.45) is 1.50. The second-order valence-electron chi connectivity index (χ2n) is 7.41. The van der Waals surface area contributed by atoms with E-state index < -0.39 is 0 Å². The van der Waals surface area contributed by atoms with Crippen LogP contribution in [0.4, 0.5) is 5.82 Å². The van der Waals surface area contributed by atoms with Gasteiger partial charge < -0.3 is 20.7 Å². The quantitative estimate of drug-likeness (QED) is 0.499. The molecule has 3 heterocycles. The van der Waals surface area contributed by atoms with Crippen molar-refractivity contribution in [2.24, 2.45) is 0 Å². The molecule has 29 heavy (non-hydrogen) atoms. The number of hydrogen-bond donors (Lipinski definition) is 3. The summed E-state index contributed by atoms with van der Waals surface area (Å²) < 4.78 is 0. The molecule has 1 fully saturated rings. The Morgan fingerprint density at radius 2 is 1.90 bits per heavy atom. The smallest absolute Gasteiger partial charge is 0.223 e. The van der Waals surface area contributed by atoms with Crippen LogP contribution >= 0.6 is 0 Å². The molecule has 1 aliphatic heterocycles. The number of rotatable bonds is 4. The number of carbonyl (C=O) groups excluding carboxylic acids is 1. The molecule has 5 rings (SSSR count). The van der Waals surface area contributed by atoms with Gasteiger partial charge in [0.1, 0.15) is 22.7 Å². The molecule has 1 saturated heterocycles. The summed E-state index contributed by atoms with van der Waals surface area (Å²) in [6, 6.07) is 13.8. The molecule has 4 aromatic rings. The summed E-state index contributed by atoms with van der Waals surface area (Å²) in [6.45, 7) is 1.26. The number of aromatic amines is 1. The van der Waals surface area contributed by atoms with E-state index in [1.807, 2.05) is 47.4 Å². The van der Waals surface area contributed by atoms with E-state index in [-0.39, 0.29) is 12.5 Å². The van der Waals surface area contributed by atoms with Gasteiger partial charge in [0.2, 0.25) is 5.91 Å². The summed E-state index contributed by atoms with van der Waals surface area (Å²) in [5.41, 5.74) is 11.4. The van der Waals surface area contributed by atoms with Crippen LogP contribution < -0.4 is 5.73 Å². The highest BCUT2D eigenvalue weighted by Crippen LogP contribution is 2.30. The summed E-state index contributed by atoms with van der Waals surface area (Å²) in [4.78, 5) is 26.3. The van der Waals surface area contributed by atoms with Gasteiger partial charge in [-0.1, -0.05) is 30.3 Å². The Balaban J connectivity index is 1.56. The first-order valence-corrected chi connectivity index (χ1v) is 9.68. The molecule has 7 nitrogen and oxygen atoms in total. The zero-order valence-corrected chi connectivity index (χ0v) is 15.9. The van der Waals surface area contributed by atoms with E-state index in [2.05, 4.69) is 9.97 Å². The van der Waals surface area contributed by atoms with Gasteiger partial charge in [-0.3, -0.25) is 4.79 Å². The molecule has 7 heteroatoms. The van der Waals surface area contributed by atoms with Crippen LogP contribution in [0, 0.1) is 0 Å². The van der Waals surface area contributed by atoms with Crippen molar-refractivity contribution in [3.8, 4) is 11.1 Å². The average molecular weight is 387 g/mol. The maximum Gasteiger partial charge on any atom is 0.223 e. The molecule has 0 bridgehead atoms. The zero-order chi connectivity index (χ0) is 20.0. The molecular formula is C22H21N5O2. The standard InChI is InChI=1S/C22H21N5O2/c23-22-21-20(25-18(26-21)11-27-9-1-2-19(27)29)16-8-7-15(10-17(16)24-22)14-5-3-13(12-28)4-6-14/h3-8,10,28H,1-2,9,11-12H2,(H2,23,24)(H,25,26). The predicted octanol–water partition coefficient (Wildman–Crippen LogP) is 2.98. The van der Waals surface area contributed by atoms with Crippen molar-refractivity contribution in [1.29, 1.82) is 0 Å². The van der Waals surface area contributed by atoms with E-state index >= 15 is 0 Å². The molecule has 0 spiro atoms. The minimum atomic E-state index is 0.0264. The summed E-state index contributed by atoms with van der Waals surface area (Å²) in [5.74, 6) is 1.28. The van der Waals surface area contributed by atoms with Crippen molar-refractivity contribution < 1.29 is 9.90 Å². The predicted molar refractivity (Wildman–Crippen MR) is 112 cm³/mol. The van der Waals surface area contributed by atoms with Crippen molar-refractivity contribution >= 4 is 33.7 Å². The highest BCUT2D eigenvalue weighted by Gasteiger charge is 2.22. The van der Waals surface area contributed by atoms with Crippen molar-refractivity contribution in [1.82, 2.24) is 19.9 Å². The lowest BCUT2D eigenvalue weighted by Gasteiger charge is -2.12. The summed E-state index contributed by atoms with van der Waals surface area (Å²) in [5, 5.41) is 10.1. The fraction of sp³-hybridized carbons (Fsp3) is 0.227. The molecule has 1 amide bonds. The van der Waals surface area contributed by atoms with E-state index in [0.717, 1.165) is 51.9 Å². The van der Waals surface area contributed by atoms with Crippen molar-refractivity contribution in [3.05, 3.63) is 53.9 Å². The second kappa shape index (κ2) is 6.86. The van der Waals surface area contributed by atoms with Crippen LogP contribution in [-0.4, -0.2) is 37.4 Å². The van der Waals surface area contributed by atoms with Gasteiger partial charge in [0.15, 0.2) is 0 Å². The molecule has 2 aromatic heterocycles. The molecule has 0 aliphatic carbocycles. The number of nitrogens with zero attached hydrogens (tertiary/aromatic N) is 3. The van der Waals surface area contributed by atoms with Gasteiger partial charge in [-0.2, -0.15) is 0 Å². The number of imidazole rings is 1. The number of pyridine rings is 1. The molecule has 0 atom stereocenters. The minimum Gasteiger partial charge on any atom is -0.392 e. The van der Waals surface area contributed by atoms with Crippen LogP contribution in [0.5, 0.6) is 0 Å². The van der Waals surface area contributed by atoms with Crippen molar-refractivity contribution in [3.63, 3.8) is 0 Å². The topological polar surface area (TPSA) is 108 Å². The molecule has 4 N–H and O–H groups in total. The van der Waals surface area contributed by atoms with Gasteiger partial charge >= 0.3 is 0 Å². The normalized spacial score (nSPS) is 14.4. The number of carbonyl (C=O) groups is 1. The highest BCUT2D eigenvalue weighted by atomic mass is 16.3. The minimum absolute atomic E-state index is 0.0264. The molecule has 0 saturated carbocycles. The lowest BCUT2D eigenvalue weighted by atomic mass is 10.0. The van der Waals surface area contributed by atoms with Crippen LogP contribution in [0.15, 0.2) is 42.5 Å². The highest BCUT2D eigenvalue weighted by molar-refractivity contribution is 6.07. The van der Waals surface area contributed by atoms with E-state index in [0.29, 0.717) is 24.3 Å². The molecule has 2 aromatic carbocycles. The number of aliphatic hydroxyl groups excluding tert-OH is 1. The van der Waals surface area contributed by atoms with Crippen LogP contribution in [0.3, 0.4) is 0 Å². The Morgan fingerprint density at radius 3 is 2.62 bits per heavy atom. The number of aromatic nitrogens is 3. The Morgan fingerprint density at radius 1 is 1.10 bits per heavy atom. The summed E-state index contributed by atoms with van der Waals surface area (Å²) >= 11 is 0. The lowest BCUT2D eigenvalue weighted by Crippen LogP contribution is -2.24. The van der Waals surface area contributed by atoms with Crippen LogP contribution in [-0.2, 0) is 17.9 Å². The molecule has 146 valence electrons. The average Bonchev–Trinajstić information content (AvgIpc) is 3.35. The van der Waals surface area contributed by atoms with Crippen LogP contribution in [0.1, 0.15) is 24.2 Å². The SMILES string of the molecule is Nc1nc2cc(-c3ccc(CO)cc3)ccc2c2nc(CN3CCCC3=O)[nH]c12. The van der Waals surface area contributed by atoms with Crippen molar-refractivity contribution in [2.75, 3.05) is 12.3 Å². The molecule has 0 unspecified atom stereocenters. The Bertz CT molecular complexity index is 1230. The van der Waals surface area contributed by atoms with E-state index in [1.165, 1.54) is 0 Å². The maximum atomic E-state index is 11.9. The third-order valence-corrected chi connectivity index (χ3v) is 5.48.